The molecule has 0 saturated carbocycles. The summed E-state index contributed by atoms with van der Waals surface area (Å²) >= 11 is 4.91. The number of anilines is 1. The lowest BCUT2D eigenvalue weighted by molar-refractivity contribution is 1.18. The standard InChI is InChI=1S/C31H35B2NS/c1-12-23-21(9)26(18(6)19(7)29(23)33)22(10)24-13-25(32)15(3)17(5)27(24)28-16(4)14(2)20(8)31(35)30(28)34-11/h12-13,34-35H,1,10H2,2-9,11H3. The van der Waals surface area contributed by atoms with Crippen molar-refractivity contribution < 1.29 is 0 Å². The van der Waals surface area contributed by atoms with Crippen LogP contribution in [0.4, 0.5) is 5.69 Å². The van der Waals surface area contributed by atoms with Crippen LogP contribution in [0.5, 0.6) is 0 Å². The Morgan fingerprint density at radius 2 is 1.37 bits per heavy atom. The quantitative estimate of drug-likeness (QED) is 0.320. The molecule has 4 radical (unpaired) electrons. The minimum Gasteiger partial charge on any atom is -0.387 e. The van der Waals surface area contributed by atoms with Crippen LogP contribution in [0.15, 0.2) is 24.1 Å². The van der Waals surface area contributed by atoms with Gasteiger partial charge in [-0.2, -0.15) is 0 Å². The molecule has 4 heteroatoms. The lowest BCUT2D eigenvalue weighted by Gasteiger charge is -2.27. The molecule has 1 N–H and O–H groups in total. The van der Waals surface area contributed by atoms with E-state index in [2.05, 4.69) is 79.9 Å². The van der Waals surface area contributed by atoms with Gasteiger partial charge in [0, 0.05) is 17.5 Å². The molecule has 0 fully saturated rings. The summed E-state index contributed by atoms with van der Waals surface area (Å²) in [6, 6.07) is 2.07. The molecule has 0 spiro atoms. The molecule has 0 aliphatic rings. The Labute approximate surface area is 220 Å². The van der Waals surface area contributed by atoms with E-state index in [4.69, 9.17) is 28.3 Å². The van der Waals surface area contributed by atoms with Crippen LogP contribution in [0.3, 0.4) is 0 Å². The maximum Gasteiger partial charge on any atom is 0.115 e. The van der Waals surface area contributed by atoms with Gasteiger partial charge in [-0.3, -0.25) is 0 Å². The van der Waals surface area contributed by atoms with E-state index in [-0.39, 0.29) is 0 Å². The molecular weight excluding hydrogens is 440 g/mol. The normalized spacial score (nSPS) is 11.0. The number of hydrogen-bond acceptors (Lipinski definition) is 2. The zero-order valence-corrected chi connectivity index (χ0v) is 23.6. The number of hydrogen-bond donors (Lipinski definition) is 2. The van der Waals surface area contributed by atoms with Crippen molar-refractivity contribution in [3.63, 3.8) is 0 Å². The third-order valence-corrected chi connectivity index (χ3v) is 8.58. The Kier molecular flexibility index (Phi) is 7.58. The summed E-state index contributed by atoms with van der Waals surface area (Å²) in [5.74, 6) is 0. The molecule has 0 aliphatic heterocycles. The molecule has 1 nitrogen and oxygen atoms in total. The summed E-state index contributed by atoms with van der Waals surface area (Å²) in [5.41, 5.74) is 17.9. The van der Waals surface area contributed by atoms with E-state index in [1.54, 1.807) is 0 Å². The summed E-state index contributed by atoms with van der Waals surface area (Å²) in [6.07, 6.45) is 1.84. The third kappa shape index (κ3) is 4.10. The Morgan fingerprint density at radius 3 is 1.91 bits per heavy atom. The van der Waals surface area contributed by atoms with Crippen molar-refractivity contribution in [1.29, 1.82) is 0 Å². The third-order valence-electron chi connectivity index (χ3n) is 8.02. The average molecular weight is 475 g/mol. The van der Waals surface area contributed by atoms with Gasteiger partial charge in [0.2, 0.25) is 0 Å². The van der Waals surface area contributed by atoms with Crippen LogP contribution in [-0.4, -0.2) is 22.7 Å². The van der Waals surface area contributed by atoms with E-state index < -0.39 is 0 Å². The molecule has 0 aromatic heterocycles. The van der Waals surface area contributed by atoms with Gasteiger partial charge in [0.15, 0.2) is 0 Å². The topological polar surface area (TPSA) is 12.0 Å². The van der Waals surface area contributed by atoms with Gasteiger partial charge < -0.3 is 5.32 Å². The molecule has 3 aromatic rings. The molecular formula is C31H35B2NS. The van der Waals surface area contributed by atoms with Crippen molar-refractivity contribution in [1.82, 2.24) is 0 Å². The number of nitrogens with one attached hydrogen (secondary N) is 1. The molecule has 35 heavy (non-hydrogen) atoms. The van der Waals surface area contributed by atoms with Gasteiger partial charge in [-0.05, 0) is 117 Å². The van der Waals surface area contributed by atoms with Crippen molar-refractivity contribution in [2.24, 2.45) is 0 Å². The van der Waals surface area contributed by atoms with Crippen LogP contribution in [0.1, 0.15) is 61.2 Å². The molecule has 0 unspecified atom stereocenters. The van der Waals surface area contributed by atoms with Gasteiger partial charge >= 0.3 is 0 Å². The van der Waals surface area contributed by atoms with Gasteiger partial charge in [0.25, 0.3) is 0 Å². The molecule has 0 aliphatic carbocycles. The molecule has 3 aromatic carbocycles. The van der Waals surface area contributed by atoms with Crippen molar-refractivity contribution >= 4 is 56.6 Å². The van der Waals surface area contributed by atoms with Crippen LogP contribution >= 0.6 is 12.6 Å². The highest BCUT2D eigenvalue weighted by Crippen LogP contribution is 2.46. The van der Waals surface area contributed by atoms with Gasteiger partial charge in [-0.15, -0.1) is 12.6 Å². The fraction of sp³-hybridized carbons (Fsp3) is 0.290. The summed E-state index contributed by atoms with van der Waals surface area (Å²) in [6.45, 7) is 25.6. The monoisotopic (exact) mass is 475 g/mol. The highest BCUT2D eigenvalue weighted by molar-refractivity contribution is 7.80. The highest BCUT2D eigenvalue weighted by Gasteiger charge is 2.25. The first-order chi connectivity index (χ1) is 16.3. The van der Waals surface area contributed by atoms with E-state index in [1.807, 2.05) is 13.1 Å². The summed E-state index contributed by atoms with van der Waals surface area (Å²) in [5, 5.41) is 3.43. The molecule has 0 bridgehead atoms. The van der Waals surface area contributed by atoms with Gasteiger partial charge in [0.05, 0.1) is 5.69 Å². The molecule has 176 valence electrons. The number of rotatable bonds is 5. The Morgan fingerprint density at radius 1 is 0.800 bits per heavy atom. The lowest BCUT2D eigenvalue weighted by atomic mass is 9.74. The highest BCUT2D eigenvalue weighted by atomic mass is 32.1. The maximum absolute atomic E-state index is 6.56. The Bertz CT molecular complexity index is 1410. The molecule has 3 rings (SSSR count). The van der Waals surface area contributed by atoms with Gasteiger partial charge in [0.1, 0.15) is 15.7 Å². The summed E-state index contributed by atoms with van der Waals surface area (Å²) < 4.78 is 0. The fourth-order valence-electron chi connectivity index (χ4n) is 5.26. The van der Waals surface area contributed by atoms with E-state index in [9.17, 15) is 0 Å². The fourth-order valence-corrected chi connectivity index (χ4v) is 5.65. The van der Waals surface area contributed by atoms with Crippen molar-refractivity contribution in [3.05, 3.63) is 80.4 Å². The van der Waals surface area contributed by atoms with Crippen LogP contribution in [0.2, 0.25) is 0 Å². The first-order valence-electron chi connectivity index (χ1n) is 11.9. The molecule has 0 amide bonds. The van der Waals surface area contributed by atoms with Gasteiger partial charge in [-0.25, -0.2) is 0 Å². The Hall–Kier alpha value is -2.58. The van der Waals surface area contributed by atoms with Crippen molar-refractivity contribution in [3.8, 4) is 11.1 Å². The summed E-state index contributed by atoms with van der Waals surface area (Å²) in [7, 11) is 15.0. The smallest absolute Gasteiger partial charge is 0.115 e. The van der Waals surface area contributed by atoms with Gasteiger partial charge in [-0.1, -0.05) is 47.4 Å². The second-order valence-electron chi connectivity index (χ2n) is 9.62. The first-order valence-corrected chi connectivity index (χ1v) is 12.4. The molecule has 0 saturated heterocycles. The molecule has 0 atom stereocenters. The predicted molar refractivity (Wildman–Crippen MR) is 162 cm³/mol. The predicted octanol–water partition coefficient (Wildman–Crippen LogP) is 6.44. The second-order valence-corrected chi connectivity index (χ2v) is 10.1. The minimum atomic E-state index is 0.757. The van der Waals surface area contributed by atoms with Crippen LogP contribution in [0.25, 0.3) is 22.8 Å². The zero-order valence-electron chi connectivity index (χ0n) is 22.7. The number of thiol groups is 1. The van der Waals surface area contributed by atoms with Crippen molar-refractivity contribution in [2.45, 2.75) is 60.3 Å². The lowest BCUT2D eigenvalue weighted by Crippen LogP contribution is -2.18. The maximum atomic E-state index is 6.56. The number of benzene rings is 3. The van der Waals surface area contributed by atoms with Crippen LogP contribution in [-0.2, 0) is 0 Å². The zero-order chi connectivity index (χ0) is 26.5. The SMILES string of the molecule is [B]c1cc(C(=C)c2c(C)c(C)c([B])c(C=C)c2C)c(-c2c(C)c(C)c(C)c(S)c2NC)c(C)c1C. The Balaban J connectivity index is 2.54. The largest absolute Gasteiger partial charge is 0.387 e. The summed E-state index contributed by atoms with van der Waals surface area (Å²) in [4.78, 5) is 0.959. The average Bonchev–Trinajstić information content (AvgIpc) is 2.82. The van der Waals surface area contributed by atoms with E-state index in [0.29, 0.717) is 0 Å². The minimum absolute atomic E-state index is 0.757. The molecule has 0 heterocycles. The van der Waals surface area contributed by atoms with E-state index >= 15 is 0 Å². The first kappa shape index (κ1) is 27.0. The van der Waals surface area contributed by atoms with Crippen LogP contribution in [0, 0.1) is 55.4 Å². The van der Waals surface area contributed by atoms with E-state index in [0.717, 1.165) is 82.7 Å². The van der Waals surface area contributed by atoms with E-state index in [1.165, 1.54) is 16.7 Å². The second kappa shape index (κ2) is 9.82. The van der Waals surface area contributed by atoms with Crippen molar-refractivity contribution in [2.75, 3.05) is 12.4 Å². The van der Waals surface area contributed by atoms with Crippen LogP contribution < -0.4 is 16.2 Å².